The number of carbonyl (C=O) groups is 1. The molecule has 168 valence electrons. The van der Waals surface area contributed by atoms with Gasteiger partial charge in [0.2, 0.25) is 5.91 Å². The van der Waals surface area contributed by atoms with E-state index in [2.05, 4.69) is 33.4 Å². The summed E-state index contributed by atoms with van der Waals surface area (Å²) in [5.74, 6) is 1.68. The number of aryl methyl sites for hydroxylation is 1. The Labute approximate surface area is 197 Å². The van der Waals surface area contributed by atoms with Gasteiger partial charge in [-0.1, -0.05) is 54.1 Å². The number of halogens is 1. The van der Waals surface area contributed by atoms with E-state index >= 15 is 0 Å². The molecule has 0 bridgehead atoms. The third kappa shape index (κ3) is 4.41. The lowest BCUT2D eigenvalue weighted by atomic mass is 9.96. The lowest BCUT2D eigenvalue weighted by Gasteiger charge is -2.32. The van der Waals surface area contributed by atoms with Crippen molar-refractivity contribution >= 4 is 29.0 Å². The lowest BCUT2D eigenvalue weighted by molar-refractivity contribution is -0.125. The average Bonchev–Trinajstić information content (AvgIpc) is 3.27. The highest BCUT2D eigenvalue weighted by Crippen LogP contribution is 2.25. The molecule has 4 aromatic rings. The Morgan fingerprint density at radius 2 is 1.79 bits per heavy atom. The van der Waals surface area contributed by atoms with E-state index in [4.69, 9.17) is 16.7 Å². The van der Waals surface area contributed by atoms with Gasteiger partial charge >= 0.3 is 0 Å². The summed E-state index contributed by atoms with van der Waals surface area (Å²) in [6, 6.07) is 19.6. The molecule has 0 radical (unpaired) electrons. The Kier molecular flexibility index (Phi) is 5.96. The summed E-state index contributed by atoms with van der Waals surface area (Å²) < 4.78 is 1.81. The van der Waals surface area contributed by atoms with E-state index in [1.54, 1.807) is 4.52 Å². The number of benzene rings is 2. The molecule has 7 nitrogen and oxygen atoms in total. The van der Waals surface area contributed by atoms with Gasteiger partial charge in [0.15, 0.2) is 11.5 Å². The Morgan fingerprint density at radius 3 is 2.58 bits per heavy atom. The molecule has 0 saturated carbocycles. The third-order valence-corrected chi connectivity index (χ3v) is 6.60. The van der Waals surface area contributed by atoms with Gasteiger partial charge in [-0.15, -0.1) is 15.3 Å². The molecule has 0 aliphatic carbocycles. The zero-order chi connectivity index (χ0) is 22.8. The van der Waals surface area contributed by atoms with Crippen LogP contribution >= 0.6 is 11.6 Å². The number of hydrogen-bond acceptors (Lipinski definition) is 5. The molecule has 1 fully saturated rings. The first-order chi connectivity index (χ1) is 16.1. The number of amides is 1. The fourth-order valence-electron chi connectivity index (χ4n) is 4.28. The van der Waals surface area contributed by atoms with Crippen molar-refractivity contribution in [2.45, 2.75) is 26.3 Å². The second-order valence-corrected chi connectivity index (χ2v) is 8.78. The minimum atomic E-state index is -0.00934. The number of anilines is 1. The standard InChI is InChI=1S/C25H25ClN6O/c1-17-6-2-4-8-20(17)24-29-28-22-10-11-23(30-32(22)24)31-14-12-18(13-15-31)25(33)27-16-19-7-3-5-9-21(19)26/h2-11,18H,12-16H2,1H3,(H,27,33). The van der Waals surface area contributed by atoms with Gasteiger partial charge in [0, 0.05) is 36.1 Å². The lowest BCUT2D eigenvalue weighted by Crippen LogP contribution is -2.40. The van der Waals surface area contributed by atoms with Crippen molar-refractivity contribution in [1.82, 2.24) is 25.1 Å². The second-order valence-electron chi connectivity index (χ2n) is 8.37. The van der Waals surface area contributed by atoms with E-state index in [1.165, 1.54) is 0 Å². The van der Waals surface area contributed by atoms with Gasteiger partial charge in [0.25, 0.3) is 0 Å². The predicted octanol–water partition coefficient (Wildman–Crippen LogP) is 4.29. The number of nitrogens with one attached hydrogen (secondary N) is 1. The summed E-state index contributed by atoms with van der Waals surface area (Å²) in [6.07, 6.45) is 1.56. The van der Waals surface area contributed by atoms with Crippen LogP contribution in [0.2, 0.25) is 5.02 Å². The fraction of sp³-hybridized carbons (Fsp3) is 0.280. The highest BCUT2D eigenvalue weighted by Gasteiger charge is 2.26. The molecule has 1 N–H and O–H groups in total. The number of nitrogens with zero attached hydrogens (tertiary/aromatic N) is 5. The number of hydrogen-bond donors (Lipinski definition) is 1. The molecule has 1 aliphatic heterocycles. The Hall–Kier alpha value is -3.45. The number of carbonyl (C=O) groups excluding carboxylic acids is 1. The molecule has 2 aromatic heterocycles. The van der Waals surface area contributed by atoms with Gasteiger partial charge in [-0.2, -0.15) is 4.52 Å². The molecule has 2 aromatic carbocycles. The van der Waals surface area contributed by atoms with Crippen molar-refractivity contribution in [1.29, 1.82) is 0 Å². The van der Waals surface area contributed by atoms with Crippen molar-refractivity contribution in [3.63, 3.8) is 0 Å². The summed E-state index contributed by atoms with van der Waals surface area (Å²) in [6.45, 7) is 4.04. The molecule has 3 heterocycles. The maximum Gasteiger partial charge on any atom is 0.223 e. The van der Waals surface area contributed by atoms with Crippen LogP contribution in [0, 0.1) is 12.8 Å². The maximum atomic E-state index is 12.7. The molecule has 1 amide bonds. The van der Waals surface area contributed by atoms with Gasteiger partial charge in [-0.25, -0.2) is 0 Å². The molecular weight excluding hydrogens is 436 g/mol. The monoisotopic (exact) mass is 460 g/mol. The van der Waals surface area contributed by atoms with Gasteiger partial charge in [-0.3, -0.25) is 4.79 Å². The summed E-state index contributed by atoms with van der Waals surface area (Å²) in [5, 5.41) is 17.2. The average molecular weight is 461 g/mol. The van der Waals surface area contributed by atoms with E-state index < -0.39 is 0 Å². The van der Waals surface area contributed by atoms with Crippen molar-refractivity contribution in [2.24, 2.45) is 5.92 Å². The number of rotatable bonds is 5. The first kappa shape index (κ1) is 21.4. The van der Waals surface area contributed by atoms with E-state index in [-0.39, 0.29) is 11.8 Å². The zero-order valence-electron chi connectivity index (χ0n) is 18.4. The second kappa shape index (κ2) is 9.19. The summed E-state index contributed by atoms with van der Waals surface area (Å²) in [7, 11) is 0. The quantitative estimate of drug-likeness (QED) is 0.481. The SMILES string of the molecule is Cc1ccccc1-c1nnc2ccc(N3CCC(C(=O)NCc4ccccc4Cl)CC3)nn12. The highest BCUT2D eigenvalue weighted by molar-refractivity contribution is 6.31. The molecule has 1 saturated heterocycles. The minimum absolute atomic E-state index is 0.00934. The predicted molar refractivity (Wildman–Crippen MR) is 129 cm³/mol. The Bertz CT molecular complexity index is 1300. The molecule has 0 unspecified atom stereocenters. The summed E-state index contributed by atoms with van der Waals surface area (Å²) in [4.78, 5) is 14.9. The molecule has 1 aliphatic rings. The number of aromatic nitrogens is 4. The fourth-order valence-corrected chi connectivity index (χ4v) is 4.48. The van der Waals surface area contributed by atoms with Gasteiger partial charge in [0.05, 0.1) is 0 Å². The van der Waals surface area contributed by atoms with Crippen LogP contribution in [0.1, 0.15) is 24.0 Å². The van der Waals surface area contributed by atoms with Crippen LogP contribution in [0.25, 0.3) is 17.0 Å². The summed E-state index contributed by atoms with van der Waals surface area (Å²) >= 11 is 6.20. The molecule has 33 heavy (non-hydrogen) atoms. The van der Waals surface area contributed by atoms with Crippen molar-refractivity contribution in [3.8, 4) is 11.4 Å². The third-order valence-electron chi connectivity index (χ3n) is 6.24. The van der Waals surface area contributed by atoms with Crippen LogP contribution in [-0.2, 0) is 11.3 Å². The van der Waals surface area contributed by atoms with Gasteiger partial charge < -0.3 is 10.2 Å². The topological polar surface area (TPSA) is 75.4 Å². The van der Waals surface area contributed by atoms with E-state index in [1.807, 2.05) is 54.6 Å². The smallest absolute Gasteiger partial charge is 0.223 e. The molecular formula is C25H25ClN6O. The van der Waals surface area contributed by atoms with Crippen molar-refractivity contribution < 1.29 is 4.79 Å². The molecule has 8 heteroatoms. The highest BCUT2D eigenvalue weighted by atomic mass is 35.5. The Balaban J connectivity index is 1.26. The molecule has 0 spiro atoms. The number of fused-ring (bicyclic) bond motifs is 1. The largest absolute Gasteiger partial charge is 0.355 e. The van der Waals surface area contributed by atoms with E-state index in [0.717, 1.165) is 54.3 Å². The van der Waals surface area contributed by atoms with Crippen LogP contribution in [0.4, 0.5) is 5.82 Å². The first-order valence-electron chi connectivity index (χ1n) is 11.1. The summed E-state index contributed by atoms with van der Waals surface area (Å²) in [5.41, 5.74) is 3.79. The van der Waals surface area contributed by atoms with Gasteiger partial charge in [0.1, 0.15) is 5.82 Å². The van der Waals surface area contributed by atoms with Crippen LogP contribution < -0.4 is 10.2 Å². The number of piperidine rings is 1. The molecule has 0 atom stereocenters. The minimum Gasteiger partial charge on any atom is -0.355 e. The van der Waals surface area contributed by atoms with E-state index in [0.29, 0.717) is 17.2 Å². The van der Waals surface area contributed by atoms with Gasteiger partial charge in [-0.05, 0) is 49.1 Å². The normalized spacial score (nSPS) is 14.5. The van der Waals surface area contributed by atoms with Crippen LogP contribution in [0.5, 0.6) is 0 Å². The molecule has 5 rings (SSSR count). The zero-order valence-corrected chi connectivity index (χ0v) is 19.2. The maximum absolute atomic E-state index is 12.7. The Morgan fingerprint density at radius 1 is 1.03 bits per heavy atom. The van der Waals surface area contributed by atoms with Crippen molar-refractivity contribution in [3.05, 3.63) is 76.8 Å². The first-order valence-corrected chi connectivity index (χ1v) is 11.5. The van der Waals surface area contributed by atoms with E-state index in [9.17, 15) is 4.79 Å². The van der Waals surface area contributed by atoms with Crippen molar-refractivity contribution in [2.75, 3.05) is 18.0 Å². The van der Waals surface area contributed by atoms with Crippen LogP contribution in [-0.4, -0.2) is 38.8 Å². The van der Waals surface area contributed by atoms with Crippen LogP contribution in [0.15, 0.2) is 60.7 Å². The van der Waals surface area contributed by atoms with Crippen LogP contribution in [0.3, 0.4) is 0 Å².